The van der Waals surface area contributed by atoms with Crippen LogP contribution in [0.25, 0.3) is 11.2 Å². The van der Waals surface area contributed by atoms with Crippen LogP contribution in [0.2, 0.25) is 0 Å². The summed E-state index contributed by atoms with van der Waals surface area (Å²) >= 11 is 0. The number of carboxylic acid groups (broad SMARTS) is 1. The van der Waals surface area contributed by atoms with Crippen LogP contribution in [0.4, 0.5) is 17.6 Å². The van der Waals surface area contributed by atoms with Gasteiger partial charge in [-0.1, -0.05) is 18.1 Å². The zero-order valence-electron chi connectivity index (χ0n) is 18.5. The van der Waals surface area contributed by atoms with Gasteiger partial charge in [-0.15, -0.1) is 5.92 Å². The second-order valence-corrected chi connectivity index (χ2v) is 7.80. The van der Waals surface area contributed by atoms with Crippen LogP contribution in [0.3, 0.4) is 0 Å². The highest BCUT2D eigenvalue weighted by Gasteiger charge is 2.25. The van der Waals surface area contributed by atoms with E-state index in [-0.39, 0.29) is 11.1 Å². The van der Waals surface area contributed by atoms with Crippen LogP contribution < -0.4 is 15.4 Å². The van der Waals surface area contributed by atoms with Gasteiger partial charge < -0.3 is 14.9 Å². The lowest BCUT2D eigenvalue weighted by molar-refractivity contribution is 0.0697. The Labute approximate surface area is 185 Å². The van der Waals surface area contributed by atoms with Crippen LogP contribution in [-0.2, 0) is 13.6 Å². The van der Waals surface area contributed by atoms with E-state index in [1.807, 2.05) is 4.57 Å². The lowest BCUT2D eigenvalue weighted by atomic mass is 10.1. The predicted molar refractivity (Wildman–Crippen MR) is 124 cm³/mol. The molecule has 0 bridgehead atoms. The number of para-hydroxylation sites is 1. The first-order chi connectivity index (χ1) is 15.4. The van der Waals surface area contributed by atoms with Crippen LogP contribution in [-0.4, -0.2) is 50.3 Å². The SMILES string of the molecule is CC#CCn1c(N2CCCCC2)nc2nc(N(C)c3ccccc3C(=O)O)n(C)c(=O)c21. The number of hydrogen-bond acceptors (Lipinski definition) is 6. The molecule has 0 atom stereocenters. The number of hydrogen-bond donors (Lipinski definition) is 1. The number of carboxylic acids is 1. The first-order valence-corrected chi connectivity index (χ1v) is 10.6. The number of aromatic nitrogens is 4. The van der Waals surface area contributed by atoms with Crippen molar-refractivity contribution in [3.63, 3.8) is 0 Å². The Bertz CT molecular complexity index is 1290. The summed E-state index contributed by atoms with van der Waals surface area (Å²) in [6.07, 6.45) is 3.34. The minimum absolute atomic E-state index is 0.127. The lowest BCUT2D eigenvalue weighted by Gasteiger charge is -2.27. The van der Waals surface area contributed by atoms with Crippen LogP contribution in [0.15, 0.2) is 29.1 Å². The predicted octanol–water partition coefficient (Wildman–Crippen LogP) is 2.61. The summed E-state index contributed by atoms with van der Waals surface area (Å²) in [5, 5.41) is 9.57. The Balaban J connectivity index is 1.90. The van der Waals surface area contributed by atoms with Gasteiger partial charge in [-0.3, -0.25) is 13.9 Å². The Hall–Kier alpha value is -3.80. The Morgan fingerprint density at radius 3 is 2.59 bits per heavy atom. The van der Waals surface area contributed by atoms with Crippen molar-refractivity contribution in [2.45, 2.75) is 32.7 Å². The van der Waals surface area contributed by atoms with E-state index in [2.05, 4.69) is 21.7 Å². The van der Waals surface area contributed by atoms with E-state index in [0.717, 1.165) is 25.9 Å². The van der Waals surface area contributed by atoms with Crippen LogP contribution in [0.5, 0.6) is 0 Å². The molecule has 9 nitrogen and oxygen atoms in total. The zero-order chi connectivity index (χ0) is 22.8. The molecular formula is C23H26N6O3. The number of piperidine rings is 1. The molecule has 3 aromatic rings. The molecule has 4 rings (SSSR count). The van der Waals surface area contributed by atoms with Crippen molar-refractivity contribution >= 4 is 34.7 Å². The molecule has 1 N–H and O–H groups in total. The minimum atomic E-state index is -1.05. The zero-order valence-corrected chi connectivity index (χ0v) is 18.5. The molecule has 1 fully saturated rings. The Morgan fingerprint density at radius 1 is 1.19 bits per heavy atom. The second-order valence-electron chi connectivity index (χ2n) is 7.80. The summed E-state index contributed by atoms with van der Waals surface area (Å²) in [4.78, 5) is 38.3. The molecule has 0 aliphatic carbocycles. The van der Waals surface area contributed by atoms with E-state index in [4.69, 9.17) is 4.98 Å². The number of rotatable bonds is 5. The molecule has 0 radical (unpaired) electrons. The highest BCUT2D eigenvalue weighted by Crippen LogP contribution is 2.28. The number of imidazole rings is 1. The van der Waals surface area contributed by atoms with Gasteiger partial charge in [0.05, 0.1) is 17.8 Å². The number of fused-ring (bicyclic) bond motifs is 1. The fourth-order valence-electron chi connectivity index (χ4n) is 4.14. The monoisotopic (exact) mass is 434 g/mol. The normalized spacial score (nSPS) is 13.7. The van der Waals surface area contributed by atoms with Gasteiger partial charge in [0.1, 0.15) is 0 Å². The maximum atomic E-state index is 13.4. The molecule has 9 heteroatoms. The average molecular weight is 435 g/mol. The molecule has 3 heterocycles. The fraction of sp³-hybridized carbons (Fsp3) is 0.391. The molecule has 1 aromatic carbocycles. The van der Waals surface area contributed by atoms with Gasteiger partial charge >= 0.3 is 5.97 Å². The van der Waals surface area contributed by atoms with Gasteiger partial charge in [0.25, 0.3) is 5.56 Å². The number of benzene rings is 1. The minimum Gasteiger partial charge on any atom is -0.478 e. The third-order valence-corrected chi connectivity index (χ3v) is 5.79. The maximum absolute atomic E-state index is 13.4. The van der Waals surface area contributed by atoms with Crippen molar-refractivity contribution < 1.29 is 9.90 Å². The van der Waals surface area contributed by atoms with Crippen molar-refractivity contribution in [1.82, 2.24) is 19.1 Å². The molecule has 32 heavy (non-hydrogen) atoms. The van der Waals surface area contributed by atoms with E-state index in [9.17, 15) is 14.7 Å². The van der Waals surface area contributed by atoms with E-state index in [1.165, 1.54) is 17.1 Å². The van der Waals surface area contributed by atoms with Crippen LogP contribution >= 0.6 is 0 Å². The Morgan fingerprint density at radius 2 is 1.91 bits per heavy atom. The first-order valence-electron chi connectivity index (χ1n) is 10.6. The average Bonchev–Trinajstić information content (AvgIpc) is 3.18. The van der Waals surface area contributed by atoms with Gasteiger partial charge in [0.15, 0.2) is 11.2 Å². The van der Waals surface area contributed by atoms with E-state index in [0.29, 0.717) is 35.3 Å². The van der Waals surface area contributed by atoms with Crippen molar-refractivity contribution in [2.75, 3.05) is 29.9 Å². The van der Waals surface area contributed by atoms with Crippen molar-refractivity contribution in [3.05, 3.63) is 40.2 Å². The molecule has 0 saturated carbocycles. The number of anilines is 3. The maximum Gasteiger partial charge on any atom is 0.337 e. The number of nitrogens with zero attached hydrogens (tertiary/aromatic N) is 6. The van der Waals surface area contributed by atoms with E-state index in [1.54, 1.807) is 44.1 Å². The molecule has 166 valence electrons. The summed E-state index contributed by atoms with van der Waals surface area (Å²) in [6.45, 7) is 3.87. The van der Waals surface area contributed by atoms with E-state index < -0.39 is 5.97 Å². The molecule has 1 aliphatic heterocycles. The fourth-order valence-corrected chi connectivity index (χ4v) is 4.14. The largest absolute Gasteiger partial charge is 0.478 e. The molecule has 1 aliphatic rings. The lowest BCUT2D eigenvalue weighted by Crippen LogP contribution is -2.32. The van der Waals surface area contributed by atoms with Crippen molar-refractivity contribution in [2.24, 2.45) is 7.05 Å². The molecule has 1 saturated heterocycles. The van der Waals surface area contributed by atoms with Gasteiger partial charge in [-0.05, 0) is 38.3 Å². The molecule has 0 amide bonds. The first kappa shape index (κ1) is 21.4. The summed E-state index contributed by atoms with van der Waals surface area (Å²) in [5.41, 5.74) is 1.05. The molecule has 0 unspecified atom stereocenters. The highest BCUT2D eigenvalue weighted by atomic mass is 16.4. The summed E-state index contributed by atoms with van der Waals surface area (Å²) in [6, 6.07) is 6.63. The number of carbonyl (C=O) groups is 1. The van der Waals surface area contributed by atoms with Gasteiger partial charge in [-0.2, -0.15) is 9.97 Å². The quantitative estimate of drug-likeness (QED) is 0.617. The van der Waals surface area contributed by atoms with Crippen LogP contribution in [0.1, 0.15) is 36.5 Å². The van der Waals surface area contributed by atoms with Gasteiger partial charge in [-0.25, -0.2) is 4.79 Å². The summed E-state index contributed by atoms with van der Waals surface area (Å²) in [7, 11) is 3.33. The van der Waals surface area contributed by atoms with Gasteiger partial charge in [0.2, 0.25) is 11.9 Å². The highest BCUT2D eigenvalue weighted by molar-refractivity contribution is 5.95. The summed E-state index contributed by atoms with van der Waals surface area (Å²) in [5.74, 6) is 5.91. The van der Waals surface area contributed by atoms with Crippen molar-refractivity contribution in [3.8, 4) is 11.8 Å². The third kappa shape index (κ3) is 3.68. The second kappa shape index (κ2) is 8.75. The molecular weight excluding hydrogens is 408 g/mol. The van der Waals surface area contributed by atoms with Gasteiger partial charge in [0, 0.05) is 27.2 Å². The topological polar surface area (TPSA) is 96.5 Å². The molecule has 2 aromatic heterocycles. The summed E-state index contributed by atoms with van der Waals surface area (Å²) < 4.78 is 3.28. The third-order valence-electron chi connectivity index (χ3n) is 5.79. The van der Waals surface area contributed by atoms with Crippen LogP contribution in [0, 0.1) is 11.8 Å². The Kier molecular flexibility index (Phi) is 5.86. The standard InChI is InChI=1S/C23H26N6O3/c1-4-5-15-29-18-19(25-23(29)28-13-9-6-10-14-28)24-22(27(3)20(18)30)26(2)17-12-8-7-11-16(17)21(31)32/h7-8,11-12H,6,9-10,13-15H2,1-3H3,(H,31,32). The smallest absolute Gasteiger partial charge is 0.337 e. The number of aromatic carboxylic acids is 1. The molecule has 0 spiro atoms. The van der Waals surface area contributed by atoms with Crippen molar-refractivity contribution in [1.29, 1.82) is 0 Å². The van der Waals surface area contributed by atoms with E-state index >= 15 is 0 Å².